The van der Waals surface area contributed by atoms with Gasteiger partial charge in [0.25, 0.3) is 0 Å². The van der Waals surface area contributed by atoms with Crippen molar-refractivity contribution in [1.29, 1.82) is 0 Å². The number of aromatic hydroxyl groups is 2. The van der Waals surface area contributed by atoms with E-state index in [-0.39, 0.29) is 22.7 Å². The summed E-state index contributed by atoms with van der Waals surface area (Å²) in [4.78, 5) is 14.0. The van der Waals surface area contributed by atoms with Crippen LogP contribution in [0.3, 0.4) is 0 Å². The van der Waals surface area contributed by atoms with Crippen LogP contribution in [0.15, 0.2) is 45.6 Å². The summed E-state index contributed by atoms with van der Waals surface area (Å²) in [6, 6.07) is 7.20. The van der Waals surface area contributed by atoms with Crippen LogP contribution in [-0.2, 0) is 18.9 Å². The first kappa shape index (κ1) is 38.0. The summed E-state index contributed by atoms with van der Waals surface area (Å²) >= 11 is 0. The molecule has 12 N–H and O–H groups in total. The Balaban J connectivity index is 1.37. The van der Waals surface area contributed by atoms with E-state index in [0.717, 1.165) is 12.1 Å². The molecule has 286 valence electrons. The third kappa shape index (κ3) is 6.90. The van der Waals surface area contributed by atoms with Gasteiger partial charge in [-0.2, -0.15) is 0 Å². The smallest absolute Gasteiger partial charge is 0.239 e. The number of rotatable bonds is 10. The van der Waals surface area contributed by atoms with Crippen molar-refractivity contribution >= 4 is 11.0 Å². The van der Waals surface area contributed by atoms with Crippen molar-refractivity contribution in [3.05, 3.63) is 46.6 Å². The predicted molar refractivity (Wildman–Crippen MR) is 167 cm³/mol. The van der Waals surface area contributed by atoms with Gasteiger partial charge in [0.15, 0.2) is 18.2 Å². The van der Waals surface area contributed by atoms with Crippen molar-refractivity contribution in [1.82, 2.24) is 0 Å². The number of hydrogen-bond acceptors (Lipinski definition) is 20. The third-order valence-corrected chi connectivity index (χ3v) is 9.06. The standard InChI is InChI=1S/C32H38O20/c33-7-16-19(38)22(41)24(43)29(49-16)47-13-3-1-11(2-4-13)25-26(21(40)18-14(37)5-12(36)6-15(18)48-25)51-30-27(23(42)20(39)17(8-34)50-30)52-31-28(44)32(45,9-35)10-46-31/h1-6,16-17,19-20,22-24,27-31,33-39,41-45H,7-10H2. The summed E-state index contributed by atoms with van der Waals surface area (Å²) in [5, 5.41) is 122. The van der Waals surface area contributed by atoms with Gasteiger partial charge in [-0.05, 0) is 24.3 Å². The lowest BCUT2D eigenvalue weighted by Crippen LogP contribution is -2.62. The third-order valence-electron chi connectivity index (χ3n) is 9.06. The summed E-state index contributed by atoms with van der Waals surface area (Å²) in [5.41, 5.74) is -3.42. The molecule has 4 heterocycles. The zero-order valence-corrected chi connectivity index (χ0v) is 26.9. The van der Waals surface area contributed by atoms with Crippen molar-refractivity contribution in [2.45, 2.75) is 79.4 Å². The summed E-state index contributed by atoms with van der Waals surface area (Å²) in [5.74, 6) is -2.21. The molecule has 20 nitrogen and oxygen atoms in total. The Hall–Kier alpha value is -3.71. The molecule has 0 amide bonds. The normalized spacial score (nSPS) is 36.6. The van der Waals surface area contributed by atoms with Gasteiger partial charge in [-0.1, -0.05) is 0 Å². The van der Waals surface area contributed by atoms with Crippen LogP contribution in [0.1, 0.15) is 0 Å². The first-order valence-corrected chi connectivity index (χ1v) is 15.9. The van der Waals surface area contributed by atoms with Gasteiger partial charge in [-0.25, -0.2) is 0 Å². The number of ether oxygens (including phenoxy) is 6. The number of aliphatic hydroxyl groups excluding tert-OH is 9. The maximum absolute atomic E-state index is 14.0. The Morgan fingerprint density at radius 2 is 1.40 bits per heavy atom. The fraction of sp³-hybridized carbons (Fsp3) is 0.531. The Morgan fingerprint density at radius 1 is 0.769 bits per heavy atom. The van der Waals surface area contributed by atoms with Crippen molar-refractivity contribution in [2.75, 3.05) is 26.4 Å². The van der Waals surface area contributed by atoms with E-state index in [0.29, 0.717) is 0 Å². The highest BCUT2D eigenvalue weighted by molar-refractivity contribution is 5.88. The van der Waals surface area contributed by atoms with E-state index in [1.807, 2.05) is 0 Å². The zero-order valence-electron chi connectivity index (χ0n) is 26.9. The SMILES string of the molecule is O=c1c(OC2OC(CO)C(O)C(O)C2OC2OCC(O)(CO)C2O)c(-c2ccc(OC3OC(CO)C(O)C(O)C3O)cc2)oc2cc(O)cc(O)c12. The first-order chi connectivity index (χ1) is 24.7. The number of hydrogen-bond donors (Lipinski definition) is 12. The molecule has 3 saturated heterocycles. The molecule has 2 aromatic carbocycles. The van der Waals surface area contributed by atoms with Crippen molar-refractivity contribution in [3.8, 4) is 34.3 Å². The molecule has 1 aromatic heterocycles. The molecule has 13 unspecified atom stereocenters. The lowest BCUT2D eigenvalue weighted by molar-refractivity contribution is -0.319. The number of phenolic OH excluding ortho intramolecular Hbond substituents is 2. The monoisotopic (exact) mass is 742 g/mol. The highest BCUT2D eigenvalue weighted by atomic mass is 16.8. The highest BCUT2D eigenvalue weighted by Crippen LogP contribution is 2.39. The van der Waals surface area contributed by atoms with Gasteiger partial charge in [0, 0.05) is 17.7 Å². The van der Waals surface area contributed by atoms with E-state index >= 15 is 0 Å². The van der Waals surface area contributed by atoms with Crippen LogP contribution in [0.4, 0.5) is 0 Å². The highest BCUT2D eigenvalue weighted by Gasteiger charge is 2.54. The topological polar surface area (TPSA) is 328 Å². The molecule has 3 aromatic rings. The number of phenols is 2. The second-order valence-electron chi connectivity index (χ2n) is 12.6. The van der Waals surface area contributed by atoms with Gasteiger partial charge in [0.2, 0.25) is 23.8 Å². The summed E-state index contributed by atoms with van der Waals surface area (Å²) in [6.07, 6.45) is -20.4. The van der Waals surface area contributed by atoms with Crippen LogP contribution in [0.2, 0.25) is 0 Å². The molecule has 3 fully saturated rings. The minimum atomic E-state index is -2.15. The van der Waals surface area contributed by atoms with E-state index in [1.165, 1.54) is 24.3 Å². The molecular formula is C32H38O20. The Kier molecular flexibility index (Phi) is 10.9. The van der Waals surface area contributed by atoms with Gasteiger partial charge >= 0.3 is 0 Å². The molecule has 52 heavy (non-hydrogen) atoms. The minimum Gasteiger partial charge on any atom is -0.508 e. The predicted octanol–water partition coefficient (Wildman–Crippen LogP) is -4.31. The fourth-order valence-electron chi connectivity index (χ4n) is 6.03. The molecule has 0 aliphatic carbocycles. The molecule has 20 heteroatoms. The van der Waals surface area contributed by atoms with Crippen molar-refractivity contribution in [2.24, 2.45) is 0 Å². The maximum atomic E-state index is 14.0. The van der Waals surface area contributed by atoms with E-state index in [2.05, 4.69) is 0 Å². The molecule has 3 aliphatic rings. The van der Waals surface area contributed by atoms with E-state index < -0.39 is 134 Å². The second-order valence-corrected chi connectivity index (χ2v) is 12.6. The van der Waals surface area contributed by atoms with Crippen LogP contribution in [0.5, 0.6) is 23.0 Å². The summed E-state index contributed by atoms with van der Waals surface area (Å²) in [7, 11) is 0. The fourth-order valence-corrected chi connectivity index (χ4v) is 6.03. The summed E-state index contributed by atoms with van der Waals surface area (Å²) < 4.78 is 39.4. The van der Waals surface area contributed by atoms with Gasteiger partial charge in [0.05, 0.1) is 26.4 Å². The lowest BCUT2D eigenvalue weighted by Gasteiger charge is -2.42. The maximum Gasteiger partial charge on any atom is 0.239 e. The average Bonchev–Trinajstić information content (AvgIpc) is 3.41. The number of benzene rings is 2. The Labute approximate surface area is 292 Å². The first-order valence-electron chi connectivity index (χ1n) is 15.9. The lowest BCUT2D eigenvalue weighted by atomic mass is 9.98. The molecule has 3 aliphatic heterocycles. The molecule has 6 rings (SSSR count). The van der Waals surface area contributed by atoms with E-state index in [9.17, 15) is 66.1 Å². The second kappa shape index (κ2) is 15.0. The Morgan fingerprint density at radius 3 is 2.02 bits per heavy atom. The van der Waals surface area contributed by atoms with E-state index in [4.69, 9.17) is 32.8 Å². The average molecular weight is 743 g/mol. The summed E-state index contributed by atoms with van der Waals surface area (Å²) in [6.45, 7) is -3.07. The Bertz CT molecular complexity index is 1770. The largest absolute Gasteiger partial charge is 0.508 e. The van der Waals surface area contributed by atoms with Crippen LogP contribution in [0.25, 0.3) is 22.3 Å². The number of aliphatic hydroxyl groups is 10. The molecule has 0 saturated carbocycles. The van der Waals surface area contributed by atoms with Crippen LogP contribution in [0, 0.1) is 0 Å². The van der Waals surface area contributed by atoms with E-state index in [1.54, 1.807) is 0 Å². The van der Waals surface area contributed by atoms with Crippen LogP contribution < -0.4 is 14.9 Å². The van der Waals surface area contributed by atoms with Crippen LogP contribution >= 0.6 is 0 Å². The van der Waals surface area contributed by atoms with Crippen LogP contribution in [-0.4, -0.2) is 167 Å². The van der Waals surface area contributed by atoms with Crippen molar-refractivity contribution in [3.63, 3.8) is 0 Å². The molecule has 13 atom stereocenters. The van der Waals surface area contributed by atoms with Gasteiger partial charge in [-0.15, -0.1) is 0 Å². The van der Waals surface area contributed by atoms with Crippen molar-refractivity contribution < 1.29 is 94.1 Å². The van der Waals surface area contributed by atoms with Gasteiger partial charge in [0.1, 0.15) is 82.7 Å². The molecule has 0 spiro atoms. The van der Waals surface area contributed by atoms with Gasteiger partial charge in [-0.3, -0.25) is 4.79 Å². The minimum absolute atomic E-state index is 0.0268. The molecular weight excluding hydrogens is 704 g/mol. The quantitative estimate of drug-likeness (QED) is 0.0934. The molecule has 0 bridgehead atoms. The number of fused-ring (bicyclic) bond motifs is 1. The molecule has 0 radical (unpaired) electrons. The van der Waals surface area contributed by atoms with Gasteiger partial charge < -0.3 is 94.1 Å². The zero-order chi connectivity index (χ0) is 37.6.